The summed E-state index contributed by atoms with van der Waals surface area (Å²) < 4.78 is 34.4. The number of carbonyl (C=O) groups excluding carboxylic acids is 1. The van der Waals surface area contributed by atoms with Gasteiger partial charge in [0.05, 0.1) is 6.61 Å². The van der Waals surface area contributed by atoms with Crippen LogP contribution < -0.4 is 15.2 Å². The Balaban J connectivity index is 2.13. The summed E-state index contributed by atoms with van der Waals surface area (Å²) in [6.07, 6.45) is 3.30. The van der Waals surface area contributed by atoms with Crippen molar-refractivity contribution < 1.29 is 23.0 Å². The molecule has 0 aliphatic heterocycles. The highest BCUT2D eigenvalue weighted by molar-refractivity contribution is 5.93. The van der Waals surface area contributed by atoms with Gasteiger partial charge in [-0.15, -0.1) is 0 Å². The van der Waals surface area contributed by atoms with E-state index in [9.17, 15) is 13.6 Å². The zero-order chi connectivity index (χ0) is 13.8. The van der Waals surface area contributed by atoms with Gasteiger partial charge >= 0.3 is 6.61 Å². The summed E-state index contributed by atoms with van der Waals surface area (Å²) in [5.74, 6) is -0.156. The average molecular weight is 271 g/mol. The maximum absolute atomic E-state index is 12.3. The first kappa shape index (κ1) is 13.6. The van der Waals surface area contributed by atoms with Gasteiger partial charge in [-0.3, -0.25) is 4.79 Å². The number of hydrogen-bond acceptors (Lipinski definition) is 3. The number of ether oxygens (including phenoxy) is 2. The van der Waals surface area contributed by atoms with Gasteiger partial charge in [-0.1, -0.05) is 6.42 Å². The molecule has 0 heterocycles. The Kier molecular flexibility index (Phi) is 4.19. The van der Waals surface area contributed by atoms with E-state index in [1.165, 1.54) is 18.2 Å². The first-order valence-corrected chi connectivity index (χ1v) is 6.07. The third-order valence-electron chi connectivity index (χ3n) is 3.14. The number of hydrogen-bond donors (Lipinski definition) is 1. The van der Waals surface area contributed by atoms with Crippen LogP contribution in [0.5, 0.6) is 11.5 Å². The standard InChI is InChI=1S/C13H15F2NO3/c14-13(15)19-10-5-4-9(12(16)17)6-11(10)18-7-8-2-1-3-8/h4-6,8,13H,1-3,7H2,(H2,16,17). The van der Waals surface area contributed by atoms with Crippen LogP contribution in [0.15, 0.2) is 18.2 Å². The summed E-state index contributed by atoms with van der Waals surface area (Å²) in [7, 11) is 0. The van der Waals surface area contributed by atoms with E-state index in [0.29, 0.717) is 12.5 Å². The Labute approximate surface area is 109 Å². The maximum Gasteiger partial charge on any atom is 0.387 e. The Hall–Kier alpha value is -1.85. The van der Waals surface area contributed by atoms with E-state index in [1.54, 1.807) is 0 Å². The van der Waals surface area contributed by atoms with Crippen molar-refractivity contribution >= 4 is 5.91 Å². The lowest BCUT2D eigenvalue weighted by molar-refractivity contribution is -0.0517. The lowest BCUT2D eigenvalue weighted by Crippen LogP contribution is -2.20. The predicted molar refractivity (Wildman–Crippen MR) is 64.4 cm³/mol. The van der Waals surface area contributed by atoms with E-state index in [0.717, 1.165) is 19.3 Å². The summed E-state index contributed by atoms with van der Waals surface area (Å²) in [4.78, 5) is 11.1. The van der Waals surface area contributed by atoms with E-state index >= 15 is 0 Å². The molecule has 0 atom stereocenters. The first-order valence-electron chi connectivity index (χ1n) is 6.07. The fraction of sp³-hybridized carbons (Fsp3) is 0.462. The number of primary amides is 1. The second-order valence-corrected chi connectivity index (χ2v) is 4.51. The molecule has 0 radical (unpaired) electrons. The molecule has 0 spiro atoms. The topological polar surface area (TPSA) is 61.6 Å². The van der Waals surface area contributed by atoms with Crippen LogP contribution in [0.1, 0.15) is 29.6 Å². The number of alkyl halides is 2. The van der Waals surface area contributed by atoms with Crippen molar-refractivity contribution in [2.24, 2.45) is 11.7 Å². The molecule has 0 saturated heterocycles. The molecule has 104 valence electrons. The van der Waals surface area contributed by atoms with Crippen molar-refractivity contribution in [1.29, 1.82) is 0 Å². The lowest BCUT2D eigenvalue weighted by atomic mass is 9.86. The van der Waals surface area contributed by atoms with Gasteiger partial charge in [-0.25, -0.2) is 0 Å². The number of nitrogens with two attached hydrogens (primary N) is 1. The van der Waals surface area contributed by atoms with E-state index < -0.39 is 12.5 Å². The van der Waals surface area contributed by atoms with Gasteiger partial charge in [-0.05, 0) is 37.0 Å². The molecular formula is C13H15F2NO3. The largest absolute Gasteiger partial charge is 0.489 e. The minimum atomic E-state index is -2.94. The second-order valence-electron chi connectivity index (χ2n) is 4.51. The summed E-state index contributed by atoms with van der Waals surface area (Å²) in [5.41, 5.74) is 5.34. The summed E-state index contributed by atoms with van der Waals surface area (Å²) in [6.45, 7) is -2.51. The molecule has 1 aliphatic carbocycles. The van der Waals surface area contributed by atoms with Crippen LogP contribution in [-0.4, -0.2) is 19.1 Å². The van der Waals surface area contributed by atoms with Crippen LogP contribution in [0.4, 0.5) is 8.78 Å². The highest BCUT2D eigenvalue weighted by Crippen LogP contribution is 2.32. The predicted octanol–water partition coefficient (Wildman–Crippen LogP) is 2.57. The van der Waals surface area contributed by atoms with Crippen LogP contribution in [0, 0.1) is 5.92 Å². The zero-order valence-electron chi connectivity index (χ0n) is 10.3. The monoisotopic (exact) mass is 271 g/mol. The molecular weight excluding hydrogens is 256 g/mol. The maximum atomic E-state index is 12.3. The summed E-state index contributed by atoms with van der Waals surface area (Å²) >= 11 is 0. The van der Waals surface area contributed by atoms with Crippen molar-refractivity contribution in [1.82, 2.24) is 0 Å². The fourth-order valence-corrected chi connectivity index (χ4v) is 1.83. The average Bonchev–Trinajstić information content (AvgIpc) is 2.28. The molecule has 2 N–H and O–H groups in total. The van der Waals surface area contributed by atoms with E-state index in [4.69, 9.17) is 10.5 Å². The third-order valence-corrected chi connectivity index (χ3v) is 3.14. The van der Waals surface area contributed by atoms with Crippen molar-refractivity contribution in [2.45, 2.75) is 25.9 Å². The van der Waals surface area contributed by atoms with Gasteiger partial charge in [-0.2, -0.15) is 8.78 Å². The Bertz CT molecular complexity index is 461. The van der Waals surface area contributed by atoms with Crippen molar-refractivity contribution in [3.05, 3.63) is 23.8 Å². The van der Waals surface area contributed by atoms with Gasteiger partial charge in [0.1, 0.15) is 0 Å². The SMILES string of the molecule is NC(=O)c1ccc(OC(F)F)c(OCC2CCC2)c1. The molecule has 1 aromatic carbocycles. The van der Waals surface area contributed by atoms with Crippen LogP contribution in [0.2, 0.25) is 0 Å². The van der Waals surface area contributed by atoms with Crippen LogP contribution in [-0.2, 0) is 0 Å². The molecule has 2 rings (SSSR count). The zero-order valence-corrected chi connectivity index (χ0v) is 10.3. The molecule has 0 aromatic heterocycles. The fourth-order valence-electron chi connectivity index (χ4n) is 1.83. The van der Waals surface area contributed by atoms with Gasteiger partial charge in [0.15, 0.2) is 11.5 Å². The summed E-state index contributed by atoms with van der Waals surface area (Å²) in [5, 5.41) is 0. The number of amides is 1. The minimum Gasteiger partial charge on any atom is -0.489 e. The molecule has 19 heavy (non-hydrogen) atoms. The molecule has 1 aromatic rings. The highest BCUT2D eigenvalue weighted by Gasteiger charge is 2.20. The molecule has 0 unspecified atom stereocenters. The third kappa shape index (κ3) is 3.56. The van der Waals surface area contributed by atoms with E-state index in [1.807, 2.05) is 0 Å². The van der Waals surface area contributed by atoms with Crippen molar-refractivity contribution in [2.75, 3.05) is 6.61 Å². The van der Waals surface area contributed by atoms with E-state index in [2.05, 4.69) is 4.74 Å². The smallest absolute Gasteiger partial charge is 0.387 e. The number of halogens is 2. The van der Waals surface area contributed by atoms with Gasteiger partial charge in [0, 0.05) is 5.56 Å². The van der Waals surface area contributed by atoms with Gasteiger partial charge < -0.3 is 15.2 Å². The molecule has 1 saturated carbocycles. The lowest BCUT2D eigenvalue weighted by Gasteiger charge is -2.25. The molecule has 4 nitrogen and oxygen atoms in total. The second kappa shape index (κ2) is 5.86. The summed E-state index contributed by atoms with van der Waals surface area (Å²) in [6, 6.07) is 3.93. The molecule has 6 heteroatoms. The quantitative estimate of drug-likeness (QED) is 0.865. The molecule has 1 amide bonds. The van der Waals surface area contributed by atoms with Crippen molar-refractivity contribution in [3.63, 3.8) is 0 Å². The first-order chi connectivity index (χ1) is 9.06. The Morgan fingerprint density at radius 3 is 2.63 bits per heavy atom. The molecule has 0 bridgehead atoms. The van der Waals surface area contributed by atoms with Crippen LogP contribution in [0.3, 0.4) is 0 Å². The molecule has 1 aliphatic rings. The highest BCUT2D eigenvalue weighted by atomic mass is 19.3. The Morgan fingerprint density at radius 1 is 1.37 bits per heavy atom. The number of benzene rings is 1. The van der Waals surface area contributed by atoms with E-state index in [-0.39, 0.29) is 17.1 Å². The van der Waals surface area contributed by atoms with Crippen LogP contribution in [0.25, 0.3) is 0 Å². The minimum absolute atomic E-state index is 0.0840. The van der Waals surface area contributed by atoms with Crippen LogP contribution >= 0.6 is 0 Å². The molecule has 1 fully saturated rings. The normalized spacial score (nSPS) is 15.1. The number of rotatable bonds is 6. The number of carbonyl (C=O) groups is 1. The Morgan fingerprint density at radius 2 is 2.11 bits per heavy atom. The van der Waals surface area contributed by atoms with Gasteiger partial charge in [0.25, 0.3) is 0 Å². The van der Waals surface area contributed by atoms with Crippen molar-refractivity contribution in [3.8, 4) is 11.5 Å². The van der Waals surface area contributed by atoms with Gasteiger partial charge in [0.2, 0.25) is 5.91 Å².